The molecule has 0 spiro atoms. The number of rotatable bonds is 6. The van der Waals surface area contributed by atoms with Gasteiger partial charge in [0.05, 0.1) is 0 Å². The Kier molecular flexibility index (Phi) is 6.31. The van der Waals surface area contributed by atoms with E-state index >= 15 is 0 Å². The number of ether oxygens (including phenoxy) is 1. The van der Waals surface area contributed by atoms with E-state index in [0.717, 1.165) is 17.7 Å². The Balaban J connectivity index is 1.72. The number of hydrogen-bond donors (Lipinski definition) is 2. The Morgan fingerprint density at radius 3 is 2.67 bits per heavy atom. The molecule has 0 aliphatic carbocycles. The van der Waals surface area contributed by atoms with E-state index in [4.69, 9.17) is 10.5 Å². The molecule has 4 nitrogen and oxygen atoms in total. The van der Waals surface area contributed by atoms with Gasteiger partial charge in [-0.1, -0.05) is 42.5 Å². The fourth-order valence-electron chi connectivity index (χ4n) is 2.01. The number of carbonyl (C=O) groups excluding carboxylic acids is 1. The highest BCUT2D eigenvalue weighted by Crippen LogP contribution is 2.19. The molecule has 0 aliphatic rings. The van der Waals surface area contributed by atoms with Crippen molar-refractivity contribution in [3.05, 3.63) is 71.3 Å². The summed E-state index contributed by atoms with van der Waals surface area (Å²) < 4.78 is 31.5. The predicted octanol–water partition coefficient (Wildman–Crippen LogP) is 3.88. The number of carbonyl (C=O) groups is 1. The first kappa shape index (κ1) is 17.5. The van der Waals surface area contributed by atoms with Crippen LogP contribution >= 0.6 is 0 Å². The molecule has 126 valence electrons. The number of benzene rings is 2. The lowest BCUT2D eigenvalue weighted by atomic mass is 10.1. The summed E-state index contributed by atoms with van der Waals surface area (Å²) in [5.74, 6) is -1.44. The van der Waals surface area contributed by atoms with E-state index in [0.29, 0.717) is 13.0 Å². The van der Waals surface area contributed by atoms with Crippen LogP contribution in [0.25, 0.3) is 6.08 Å². The van der Waals surface area contributed by atoms with Gasteiger partial charge >= 0.3 is 6.09 Å². The summed E-state index contributed by atoms with van der Waals surface area (Å²) in [5.41, 5.74) is 6.61. The zero-order chi connectivity index (χ0) is 17.4. The first-order valence-corrected chi connectivity index (χ1v) is 7.42. The van der Waals surface area contributed by atoms with Crippen molar-refractivity contribution in [1.29, 1.82) is 0 Å². The molecule has 0 aromatic heterocycles. The van der Waals surface area contributed by atoms with Crippen LogP contribution in [0.3, 0.4) is 0 Å². The minimum absolute atomic E-state index is 0.0268. The number of alkyl carbamates (subject to hydrolysis) is 1. The van der Waals surface area contributed by atoms with Gasteiger partial charge in [0.25, 0.3) is 0 Å². The van der Waals surface area contributed by atoms with Crippen molar-refractivity contribution in [2.24, 2.45) is 0 Å². The molecule has 0 bridgehead atoms. The van der Waals surface area contributed by atoms with Gasteiger partial charge in [-0.2, -0.15) is 0 Å². The van der Waals surface area contributed by atoms with Crippen molar-refractivity contribution >= 4 is 17.9 Å². The summed E-state index contributed by atoms with van der Waals surface area (Å²) >= 11 is 0. The molecule has 0 unspecified atom stereocenters. The first-order valence-electron chi connectivity index (χ1n) is 7.42. The molecular weight excluding hydrogens is 314 g/mol. The zero-order valence-electron chi connectivity index (χ0n) is 13.0. The van der Waals surface area contributed by atoms with E-state index in [1.165, 1.54) is 6.08 Å². The molecule has 0 radical (unpaired) electrons. The molecule has 0 heterocycles. The highest BCUT2D eigenvalue weighted by Gasteiger charge is 2.06. The number of nitrogen functional groups attached to an aromatic ring is 1. The Morgan fingerprint density at radius 2 is 1.96 bits per heavy atom. The molecule has 0 atom stereocenters. The average Bonchev–Trinajstić information content (AvgIpc) is 2.55. The minimum atomic E-state index is -0.723. The van der Waals surface area contributed by atoms with E-state index in [1.54, 1.807) is 6.08 Å². The zero-order valence-corrected chi connectivity index (χ0v) is 13.0. The average molecular weight is 332 g/mol. The van der Waals surface area contributed by atoms with Crippen molar-refractivity contribution in [3.63, 3.8) is 0 Å². The topological polar surface area (TPSA) is 64.3 Å². The van der Waals surface area contributed by atoms with Gasteiger partial charge in [0.15, 0.2) is 0 Å². The van der Waals surface area contributed by atoms with Crippen molar-refractivity contribution in [2.75, 3.05) is 12.3 Å². The number of amides is 1. The third-order valence-corrected chi connectivity index (χ3v) is 3.20. The molecular formula is C18H18F2N2O2. The normalized spacial score (nSPS) is 10.8. The lowest BCUT2D eigenvalue weighted by Gasteiger charge is -2.06. The molecule has 0 fully saturated rings. The van der Waals surface area contributed by atoms with Crippen LogP contribution in [0, 0.1) is 11.6 Å². The van der Waals surface area contributed by atoms with E-state index in [2.05, 4.69) is 5.32 Å². The largest absolute Gasteiger partial charge is 0.445 e. The maximum Gasteiger partial charge on any atom is 0.407 e. The lowest BCUT2D eigenvalue weighted by Crippen LogP contribution is -2.24. The van der Waals surface area contributed by atoms with E-state index in [1.807, 2.05) is 30.3 Å². The fourth-order valence-corrected chi connectivity index (χ4v) is 2.01. The number of anilines is 1. The lowest BCUT2D eigenvalue weighted by molar-refractivity contribution is 0.140. The molecule has 0 saturated carbocycles. The standard InChI is InChI=1S/C18H18F2N2O2/c19-14-10-16(20)15(17(21)11-14)8-4-5-9-22-18(23)24-12-13-6-2-1-3-7-13/h1-4,6-8,10-11H,5,9,12,21H2,(H,22,23). The minimum Gasteiger partial charge on any atom is -0.445 e. The Bertz CT molecular complexity index is 695. The van der Waals surface area contributed by atoms with Crippen LogP contribution in [0.15, 0.2) is 48.5 Å². The van der Waals surface area contributed by atoms with Crippen LogP contribution in [0.1, 0.15) is 17.5 Å². The maximum atomic E-state index is 13.5. The smallest absolute Gasteiger partial charge is 0.407 e. The van der Waals surface area contributed by atoms with Crippen LogP contribution in [0.2, 0.25) is 0 Å². The molecule has 2 aromatic rings. The van der Waals surface area contributed by atoms with Crippen LogP contribution < -0.4 is 11.1 Å². The second-order valence-corrected chi connectivity index (χ2v) is 5.07. The van der Waals surface area contributed by atoms with Gasteiger partial charge in [-0.25, -0.2) is 13.6 Å². The first-order chi connectivity index (χ1) is 11.6. The van der Waals surface area contributed by atoms with Gasteiger partial charge in [-0.15, -0.1) is 0 Å². The van der Waals surface area contributed by atoms with E-state index in [9.17, 15) is 13.6 Å². The van der Waals surface area contributed by atoms with Crippen LogP contribution in [0.5, 0.6) is 0 Å². The predicted molar refractivity (Wildman–Crippen MR) is 89.1 cm³/mol. The van der Waals surface area contributed by atoms with E-state index < -0.39 is 17.7 Å². The van der Waals surface area contributed by atoms with Crippen molar-refractivity contribution < 1.29 is 18.3 Å². The summed E-state index contributed by atoms with van der Waals surface area (Å²) in [5, 5.41) is 2.58. The Hall–Kier alpha value is -2.89. The molecule has 0 aliphatic heterocycles. The molecule has 2 aromatic carbocycles. The summed E-state index contributed by atoms with van der Waals surface area (Å²) in [6.45, 7) is 0.521. The summed E-state index contributed by atoms with van der Waals surface area (Å²) in [6.07, 6.45) is 3.03. The van der Waals surface area contributed by atoms with Crippen molar-refractivity contribution in [3.8, 4) is 0 Å². The monoisotopic (exact) mass is 332 g/mol. The van der Waals surface area contributed by atoms with Gasteiger partial charge in [0, 0.05) is 23.9 Å². The molecule has 24 heavy (non-hydrogen) atoms. The van der Waals surface area contributed by atoms with Gasteiger partial charge in [-0.05, 0) is 18.1 Å². The van der Waals surface area contributed by atoms with Gasteiger partial charge in [0.1, 0.15) is 18.2 Å². The quantitative estimate of drug-likeness (QED) is 0.623. The maximum absolute atomic E-state index is 13.5. The highest BCUT2D eigenvalue weighted by molar-refractivity contribution is 5.67. The molecule has 3 N–H and O–H groups in total. The SMILES string of the molecule is Nc1cc(F)cc(F)c1C=CCCNC(=O)OCc1ccccc1. The number of nitrogens with one attached hydrogen (secondary N) is 1. The van der Waals surface area contributed by atoms with Crippen molar-refractivity contribution in [1.82, 2.24) is 5.32 Å². The second-order valence-electron chi connectivity index (χ2n) is 5.07. The Morgan fingerprint density at radius 1 is 1.21 bits per heavy atom. The van der Waals surface area contributed by atoms with Gasteiger partial charge < -0.3 is 15.8 Å². The van der Waals surface area contributed by atoms with Crippen LogP contribution in [0.4, 0.5) is 19.3 Å². The summed E-state index contributed by atoms with van der Waals surface area (Å²) in [7, 11) is 0. The molecule has 1 amide bonds. The highest BCUT2D eigenvalue weighted by atomic mass is 19.1. The summed E-state index contributed by atoms with van der Waals surface area (Å²) in [6, 6.07) is 11.2. The number of nitrogens with two attached hydrogens (primary N) is 1. The Labute approximate surface area is 138 Å². The van der Waals surface area contributed by atoms with Crippen LogP contribution in [-0.2, 0) is 11.3 Å². The number of halogens is 2. The molecule has 6 heteroatoms. The van der Waals surface area contributed by atoms with Gasteiger partial charge in [0.2, 0.25) is 0 Å². The van der Waals surface area contributed by atoms with Crippen molar-refractivity contribution in [2.45, 2.75) is 13.0 Å². The number of hydrogen-bond acceptors (Lipinski definition) is 3. The third-order valence-electron chi connectivity index (χ3n) is 3.20. The third kappa shape index (κ3) is 5.39. The summed E-state index contributed by atoms with van der Waals surface area (Å²) in [4.78, 5) is 11.5. The van der Waals surface area contributed by atoms with Gasteiger partial charge in [-0.3, -0.25) is 0 Å². The fraction of sp³-hybridized carbons (Fsp3) is 0.167. The van der Waals surface area contributed by atoms with Crippen LogP contribution in [-0.4, -0.2) is 12.6 Å². The molecule has 2 rings (SSSR count). The molecule has 0 saturated heterocycles. The second kappa shape index (κ2) is 8.67. The van der Waals surface area contributed by atoms with E-state index in [-0.39, 0.29) is 17.9 Å².